The summed E-state index contributed by atoms with van der Waals surface area (Å²) in [7, 11) is -4.04. The largest absolute Gasteiger partial charge is 0.358 e. The van der Waals surface area contributed by atoms with Crippen LogP contribution in [-0.4, -0.2) is 19.9 Å². The topological polar surface area (TPSA) is 72.8 Å². The normalized spacial score (nSPS) is 17.5. The number of aryl methyl sites for hydroxylation is 1. The lowest BCUT2D eigenvalue weighted by atomic mass is 9.90. The van der Waals surface area contributed by atoms with E-state index in [1.54, 1.807) is 19.1 Å². The Bertz CT molecular complexity index is 862. The van der Waals surface area contributed by atoms with E-state index in [4.69, 9.17) is 15.9 Å². The van der Waals surface area contributed by atoms with Gasteiger partial charge in [-0.3, -0.25) is 9.08 Å². The highest BCUT2D eigenvalue weighted by molar-refractivity contribution is 7.86. The van der Waals surface area contributed by atoms with Crippen molar-refractivity contribution >= 4 is 33.2 Å². The average molecular weight is 368 g/mol. The number of benzene rings is 1. The van der Waals surface area contributed by atoms with E-state index in [1.807, 2.05) is 20.8 Å². The van der Waals surface area contributed by atoms with Crippen molar-refractivity contribution in [2.75, 3.05) is 0 Å². The summed E-state index contributed by atoms with van der Waals surface area (Å²) >= 11 is 6.04. The standard InChI is InChI=1S/C17H18ClNO4S/c1-10(2)14-9-15(12(4)16(18)17(14)20)19-23-24(21,22)13-7-5-11(3)6-8-13/h5-10H,1-4H3/b19-15+. The van der Waals surface area contributed by atoms with Gasteiger partial charge in [-0.2, -0.15) is 8.42 Å². The van der Waals surface area contributed by atoms with Crippen molar-refractivity contribution in [3.8, 4) is 0 Å². The van der Waals surface area contributed by atoms with Crippen LogP contribution >= 0.6 is 11.6 Å². The second-order valence-corrected chi connectivity index (χ2v) is 7.75. The van der Waals surface area contributed by atoms with E-state index in [9.17, 15) is 13.2 Å². The van der Waals surface area contributed by atoms with Crippen LogP contribution < -0.4 is 0 Å². The Hall–Kier alpha value is -1.92. The van der Waals surface area contributed by atoms with Gasteiger partial charge >= 0.3 is 10.1 Å². The zero-order valence-corrected chi connectivity index (χ0v) is 15.4. The summed E-state index contributed by atoms with van der Waals surface area (Å²) in [6, 6.07) is 6.23. The van der Waals surface area contributed by atoms with Crippen LogP contribution in [0.3, 0.4) is 0 Å². The van der Waals surface area contributed by atoms with Crippen LogP contribution in [0.1, 0.15) is 26.3 Å². The molecule has 24 heavy (non-hydrogen) atoms. The molecule has 0 aromatic heterocycles. The molecule has 0 unspecified atom stereocenters. The Kier molecular flexibility index (Phi) is 5.30. The first-order valence-electron chi connectivity index (χ1n) is 7.35. The molecule has 0 radical (unpaired) electrons. The zero-order valence-electron chi connectivity index (χ0n) is 13.8. The maximum Gasteiger partial charge on any atom is 0.358 e. The van der Waals surface area contributed by atoms with Crippen molar-refractivity contribution in [3.63, 3.8) is 0 Å². The fraction of sp³-hybridized carbons (Fsp3) is 0.294. The maximum absolute atomic E-state index is 12.2. The predicted octanol–water partition coefficient (Wildman–Crippen LogP) is 3.73. The molecule has 1 aromatic carbocycles. The Morgan fingerprint density at radius 3 is 2.25 bits per heavy atom. The lowest BCUT2D eigenvalue weighted by Gasteiger charge is -2.17. The molecule has 1 aliphatic carbocycles. The number of ketones is 1. The molecule has 0 fully saturated rings. The molecule has 0 aliphatic heterocycles. The number of carbonyl (C=O) groups excluding carboxylic acids is 1. The van der Waals surface area contributed by atoms with Crippen LogP contribution in [0.4, 0.5) is 0 Å². The highest BCUT2D eigenvalue weighted by Gasteiger charge is 2.26. The zero-order chi connectivity index (χ0) is 18.1. The van der Waals surface area contributed by atoms with Gasteiger partial charge in [-0.1, -0.05) is 48.3 Å². The van der Waals surface area contributed by atoms with E-state index in [2.05, 4.69) is 5.16 Å². The average Bonchev–Trinajstić information content (AvgIpc) is 2.52. The number of Topliss-reactive ketones (excluding diaryl/α,β-unsaturated/α-hetero) is 1. The maximum atomic E-state index is 12.2. The second kappa shape index (κ2) is 6.91. The lowest BCUT2D eigenvalue weighted by molar-refractivity contribution is -0.112. The van der Waals surface area contributed by atoms with Gasteiger partial charge in [-0.05, 0) is 38.0 Å². The monoisotopic (exact) mass is 367 g/mol. The van der Waals surface area contributed by atoms with Gasteiger partial charge < -0.3 is 0 Å². The minimum absolute atomic E-state index is 0.00475. The van der Waals surface area contributed by atoms with E-state index in [-0.39, 0.29) is 27.3 Å². The quantitative estimate of drug-likeness (QED) is 0.600. The number of allylic oxidation sites excluding steroid dienone is 4. The number of nitrogens with zero attached hydrogens (tertiary/aromatic N) is 1. The number of hydrogen-bond donors (Lipinski definition) is 0. The summed E-state index contributed by atoms with van der Waals surface area (Å²) in [5, 5.41) is 3.73. The Labute approximate surface area is 146 Å². The van der Waals surface area contributed by atoms with Crippen LogP contribution in [0.15, 0.2) is 56.6 Å². The molecule has 0 saturated heterocycles. The molecule has 5 nitrogen and oxygen atoms in total. The van der Waals surface area contributed by atoms with Gasteiger partial charge in [0.15, 0.2) is 0 Å². The van der Waals surface area contributed by atoms with Gasteiger partial charge in [0.1, 0.15) is 10.6 Å². The molecule has 0 saturated carbocycles. The van der Waals surface area contributed by atoms with Crippen molar-refractivity contribution in [1.82, 2.24) is 0 Å². The fourth-order valence-electron chi connectivity index (χ4n) is 2.09. The molecule has 0 atom stereocenters. The number of rotatable bonds is 4. The first-order chi connectivity index (χ1) is 11.1. The molecule has 0 spiro atoms. The number of carbonyl (C=O) groups is 1. The summed E-state index contributed by atoms with van der Waals surface area (Å²) < 4.78 is 29.2. The Balaban J connectivity index is 2.36. The summed E-state index contributed by atoms with van der Waals surface area (Å²) in [5.41, 5.74) is 1.99. The van der Waals surface area contributed by atoms with Gasteiger partial charge in [-0.25, -0.2) is 0 Å². The van der Waals surface area contributed by atoms with Crippen LogP contribution in [-0.2, 0) is 19.2 Å². The fourth-order valence-corrected chi connectivity index (χ4v) is 3.03. The molecule has 2 rings (SSSR count). The number of halogens is 1. The van der Waals surface area contributed by atoms with E-state index in [0.29, 0.717) is 11.1 Å². The van der Waals surface area contributed by atoms with Crippen molar-refractivity contribution < 1.29 is 17.5 Å². The SMILES string of the molecule is CC1=C(Cl)C(=O)C(C(C)C)=C/C1=N\OS(=O)(=O)c1ccc(C)cc1. The minimum Gasteiger partial charge on any atom is -0.288 e. The van der Waals surface area contributed by atoms with E-state index in [1.165, 1.54) is 18.2 Å². The molecule has 128 valence electrons. The number of oxime groups is 1. The van der Waals surface area contributed by atoms with Gasteiger partial charge in [0.05, 0.1) is 5.03 Å². The molecule has 0 heterocycles. The van der Waals surface area contributed by atoms with Crippen LogP contribution in [0.2, 0.25) is 0 Å². The molecule has 0 amide bonds. The van der Waals surface area contributed by atoms with Crippen molar-refractivity contribution in [2.45, 2.75) is 32.6 Å². The van der Waals surface area contributed by atoms with Crippen LogP contribution in [0.25, 0.3) is 0 Å². The molecule has 1 aromatic rings. The molecule has 7 heteroatoms. The summed E-state index contributed by atoms with van der Waals surface area (Å²) in [4.78, 5) is 12.1. The van der Waals surface area contributed by atoms with Gasteiger partial charge in [0.25, 0.3) is 0 Å². The first kappa shape index (κ1) is 18.4. The van der Waals surface area contributed by atoms with Crippen molar-refractivity contribution in [1.29, 1.82) is 0 Å². The van der Waals surface area contributed by atoms with Crippen LogP contribution in [0.5, 0.6) is 0 Å². The summed E-state index contributed by atoms with van der Waals surface area (Å²) in [5.74, 6) is -0.345. The predicted molar refractivity (Wildman–Crippen MR) is 93.4 cm³/mol. The summed E-state index contributed by atoms with van der Waals surface area (Å²) in [6.07, 6.45) is 1.51. The van der Waals surface area contributed by atoms with Gasteiger partial charge in [0.2, 0.25) is 5.78 Å². The molecule has 0 bridgehead atoms. The first-order valence-corrected chi connectivity index (χ1v) is 9.13. The van der Waals surface area contributed by atoms with E-state index < -0.39 is 10.1 Å². The van der Waals surface area contributed by atoms with E-state index in [0.717, 1.165) is 5.56 Å². The van der Waals surface area contributed by atoms with Crippen molar-refractivity contribution in [3.05, 3.63) is 52.1 Å². The van der Waals surface area contributed by atoms with Crippen LogP contribution in [0, 0.1) is 12.8 Å². The minimum atomic E-state index is -4.04. The Morgan fingerprint density at radius 2 is 1.71 bits per heavy atom. The van der Waals surface area contributed by atoms with Crippen molar-refractivity contribution in [2.24, 2.45) is 11.1 Å². The third-order valence-electron chi connectivity index (χ3n) is 3.63. The third kappa shape index (κ3) is 3.76. The Morgan fingerprint density at radius 1 is 1.12 bits per heavy atom. The second-order valence-electron chi connectivity index (χ2n) is 5.84. The highest BCUT2D eigenvalue weighted by Crippen LogP contribution is 2.27. The number of hydrogen-bond acceptors (Lipinski definition) is 5. The third-order valence-corrected chi connectivity index (χ3v) is 5.21. The summed E-state index contributed by atoms with van der Waals surface area (Å²) in [6.45, 7) is 7.13. The smallest absolute Gasteiger partial charge is 0.288 e. The molecule has 0 N–H and O–H groups in total. The van der Waals surface area contributed by atoms with Gasteiger partial charge in [-0.15, -0.1) is 0 Å². The van der Waals surface area contributed by atoms with Gasteiger partial charge in [0, 0.05) is 11.1 Å². The van der Waals surface area contributed by atoms with E-state index >= 15 is 0 Å². The highest BCUT2D eigenvalue weighted by atomic mass is 35.5. The lowest BCUT2D eigenvalue weighted by Crippen LogP contribution is -2.19. The molecular weight excluding hydrogens is 350 g/mol. The molecular formula is C17H18ClNO4S. The molecule has 1 aliphatic rings.